The molecule has 1 nitrogen and oxygen atoms in total. The van der Waals surface area contributed by atoms with Gasteiger partial charge >= 0.3 is 0 Å². The monoisotopic (exact) mass is 376 g/mol. The lowest BCUT2D eigenvalue weighted by Crippen LogP contribution is -1.97. The van der Waals surface area contributed by atoms with Crippen molar-refractivity contribution in [2.45, 2.75) is 5.38 Å². The SMILES string of the molecule is COc1ccc(C(Cl)c2ccc(F)cc2I)cc1. The molecule has 2 rings (SSSR count). The number of benzene rings is 2. The highest BCUT2D eigenvalue weighted by Crippen LogP contribution is 2.32. The fourth-order valence-electron chi connectivity index (χ4n) is 1.66. The zero-order chi connectivity index (χ0) is 13.1. The van der Waals surface area contributed by atoms with Crippen molar-refractivity contribution in [3.63, 3.8) is 0 Å². The molecule has 0 aliphatic heterocycles. The lowest BCUT2D eigenvalue weighted by atomic mass is 10.0. The maximum atomic E-state index is 13.0. The molecule has 0 saturated carbocycles. The van der Waals surface area contributed by atoms with E-state index in [2.05, 4.69) is 22.6 Å². The van der Waals surface area contributed by atoms with Crippen molar-refractivity contribution in [2.24, 2.45) is 0 Å². The van der Waals surface area contributed by atoms with Gasteiger partial charge in [0.15, 0.2) is 0 Å². The molecule has 2 aromatic rings. The van der Waals surface area contributed by atoms with Gasteiger partial charge in [0.1, 0.15) is 11.6 Å². The van der Waals surface area contributed by atoms with E-state index >= 15 is 0 Å². The summed E-state index contributed by atoms with van der Waals surface area (Å²) in [5, 5.41) is -0.289. The van der Waals surface area contributed by atoms with Crippen LogP contribution in [0.2, 0.25) is 0 Å². The third kappa shape index (κ3) is 2.95. The van der Waals surface area contributed by atoms with Crippen LogP contribution in [0.3, 0.4) is 0 Å². The van der Waals surface area contributed by atoms with E-state index in [4.69, 9.17) is 16.3 Å². The fraction of sp³-hybridized carbons (Fsp3) is 0.143. The lowest BCUT2D eigenvalue weighted by Gasteiger charge is -2.13. The Morgan fingerprint density at radius 1 is 1.17 bits per heavy atom. The minimum atomic E-state index is -0.289. The topological polar surface area (TPSA) is 9.23 Å². The molecule has 4 heteroatoms. The number of ether oxygens (including phenoxy) is 1. The quantitative estimate of drug-likeness (QED) is 0.554. The minimum Gasteiger partial charge on any atom is -0.497 e. The van der Waals surface area contributed by atoms with E-state index in [0.717, 1.165) is 20.4 Å². The van der Waals surface area contributed by atoms with Crippen LogP contribution in [-0.4, -0.2) is 7.11 Å². The van der Waals surface area contributed by atoms with E-state index in [1.807, 2.05) is 24.3 Å². The van der Waals surface area contributed by atoms with Crippen molar-refractivity contribution in [1.29, 1.82) is 0 Å². The summed E-state index contributed by atoms with van der Waals surface area (Å²) in [7, 11) is 1.62. The summed E-state index contributed by atoms with van der Waals surface area (Å²) < 4.78 is 19.0. The van der Waals surface area contributed by atoms with Crippen molar-refractivity contribution in [3.05, 3.63) is 63.0 Å². The van der Waals surface area contributed by atoms with Crippen molar-refractivity contribution in [3.8, 4) is 5.75 Å². The van der Waals surface area contributed by atoms with Gasteiger partial charge in [0.2, 0.25) is 0 Å². The Morgan fingerprint density at radius 2 is 1.83 bits per heavy atom. The molecule has 0 radical (unpaired) electrons. The first-order valence-electron chi connectivity index (χ1n) is 5.35. The molecule has 0 aliphatic rings. The Hall–Kier alpha value is -0.810. The Balaban J connectivity index is 2.31. The maximum Gasteiger partial charge on any atom is 0.124 e. The second-order valence-corrected chi connectivity index (χ2v) is 5.40. The molecule has 0 N–H and O–H groups in total. The largest absolute Gasteiger partial charge is 0.497 e. The minimum absolute atomic E-state index is 0.248. The van der Waals surface area contributed by atoms with Gasteiger partial charge in [-0.2, -0.15) is 0 Å². The third-order valence-corrected chi connectivity index (χ3v) is 4.07. The summed E-state index contributed by atoms with van der Waals surface area (Å²) in [4.78, 5) is 0. The van der Waals surface area contributed by atoms with Crippen LogP contribution in [0.1, 0.15) is 16.5 Å². The van der Waals surface area contributed by atoms with E-state index in [-0.39, 0.29) is 11.2 Å². The van der Waals surface area contributed by atoms with Gasteiger partial charge in [0.25, 0.3) is 0 Å². The predicted octanol–water partition coefficient (Wildman–Crippen LogP) is 4.77. The standard InChI is InChI=1S/C14H11ClFIO/c1-18-11-5-2-9(3-6-11)14(15)12-7-4-10(16)8-13(12)17/h2-8,14H,1H3. The Bertz CT molecular complexity index is 542. The van der Waals surface area contributed by atoms with Gasteiger partial charge in [0, 0.05) is 3.57 Å². The maximum absolute atomic E-state index is 13.0. The highest BCUT2D eigenvalue weighted by molar-refractivity contribution is 14.1. The first-order chi connectivity index (χ1) is 8.61. The number of hydrogen-bond donors (Lipinski definition) is 0. The van der Waals surface area contributed by atoms with Gasteiger partial charge in [-0.3, -0.25) is 0 Å². The van der Waals surface area contributed by atoms with E-state index in [1.165, 1.54) is 12.1 Å². The van der Waals surface area contributed by atoms with Gasteiger partial charge < -0.3 is 4.74 Å². The predicted molar refractivity (Wildman–Crippen MR) is 79.8 cm³/mol. The molecule has 0 heterocycles. The molecule has 0 bridgehead atoms. The van der Waals surface area contributed by atoms with Gasteiger partial charge in [0.05, 0.1) is 12.5 Å². The van der Waals surface area contributed by atoms with Crippen LogP contribution in [0.25, 0.3) is 0 Å². The highest BCUT2D eigenvalue weighted by atomic mass is 127. The average Bonchev–Trinajstić information content (AvgIpc) is 2.38. The van der Waals surface area contributed by atoms with Crippen LogP contribution in [0.15, 0.2) is 42.5 Å². The Morgan fingerprint density at radius 3 is 2.39 bits per heavy atom. The van der Waals surface area contributed by atoms with Gasteiger partial charge in [-0.1, -0.05) is 18.2 Å². The average molecular weight is 377 g/mol. The summed E-state index contributed by atoms with van der Waals surface area (Å²) in [6.07, 6.45) is 0. The molecule has 0 spiro atoms. The molecule has 18 heavy (non-hydrogen) atoms. The number of methoxy groups -OCH3 is 1. The number of rotatable bonds is 3. The van der Waals surface area contributed by atoms with E-state index in [1.54, 1.807) is 13.2 Å². The normalized spacial score (nSPS) is 12.2. The molecule has 0 aliphatic carbocycles. The summed E-state index contributed by atoms with van der Waals surface area (Å²) in [6.45, 7) is 0. The summed E-state index contributed by atoms with van der Waals surface area (Å²) in [5.74, 6) is 0.540. The summed E-state index contributed by atoms with van der Waals surface area (Å²) in [5.41, 5.74) is 1.87. The second kappa shape index (κ2) is 5.89. The zero-order valence-electron chi connectivity index (χ0n) is 9.66. The third-order valence-electron chi connectivity index (χ3n) is 2.64. The first kappa shape index (κ1) is 13.6. The zero-order valence-corrected chi connectivity index (χ0v) is 12.6. The molecular formula is C14H11ClFIO. The molecule has 0 saturated heterocycles. The van der Waals surface area contributed by atoms with E-state index < -0.39 is 0 Å². The first-order valence-corrected chi connectivity index (χ1v) is 6.86. The summed E-state index contributed by atoms with van der Waals surface area (Å²) in [6, 6.07) is 12.2. The van der Waals surface area contributed by atoms with Crippen LogP contribution in [-0.2, 0) is 0 Å². The number of hydrogen-bond acceptors (Lipinski definition) is 1. The van der Waals surface area contributed by atoms with Gasteiger partial charge in [-0.15, -0.1) is 11.6 Å². The molecular weight excluding hydrogens is 366 g/mol. The van der Waals surface area contributed by atoms with Crippen molar-refractivity contribution >= 4 is 34.2 Å². The summed E-state index contributed by atoms with van der Waals surface area (Å²) >= 11 is 8.51. The van der Waals surface area contributed by atoms with Crippen molar-refractivity contribution in [2.75, 3.05) is 7.11 Å². The Labute approximate surface area is 124 Å². The highest BCUT2D eigenvalue weighted by Gasteiger charge is 2.14. The molecule has 0 fully saturated rings. The van der Waals surface area contributed by atoms with Crippen LogP contribution in [0, 0.1) is 9.39 Å². The van der Waals surface area contributed by atoms with E-state index in [0.29, 0.717) is 0 Å². The van der Waals surface area contributed by atoms with Crippen LogP contribution in [0.5, 0.6) is 5.75 Å². The van der Waals surface area contributed by atoms with Gasteiger partial charge in [-0.05, 0) is 58.0 Å². The van der Waals surface area contributed by atoms with Gasteiger partial charge in [-0.25, -0.2) is 4.39 Å². The van der Waals surface area contributed by atoms with E-state index in [9.17, 15) is 4.39 Å². The van der Waals surface area contributed by atoms with Crippen LogP contribution < -0.4 is 4.74 Å². The fourth-order valence-corrected chi connectivity index (χ4v) is 2.97. The second-order valence-electron chi connectivity index (χ2n) is 3.80. The molecule has 0 amide bonds. The number of alkyl halides is 1. The molecule has 1 unspecified atom stereocenters. The molecule has 2 aromatic carbocycles. The molecule has 0 aromatic heterocycles. The molecule has 94 valence electrons. The van der Waals surface area contributed by atoms with Crippen molar-refractivity contribution < 1.29 is 9.13 Å². The van der Waals surface area contributed by atoms with Crippen LogP contribution >= 0.6 is 34.2 Å². The molecule has 1 atom stereocenters. The Kier molecular flexibility index (Phi) is 4.45. The van der Waals surface area contributed by atoms with Crippen LogP contribution in [0.4, 0.5) is 4.39 Å². The smallest absolute Gasteiger partial charge is 0.124 e. The lowest BCUT2D eigenvalue weighted by molar-refractivity contribution is 0.414. The number of halogens is 3. The van der Waals surface area contributed by atoms with Crippen molar-refractivity contribution in [1.82, 2.24) is 0 Å².